The second-order valence-electron chi connectivity index (χ2n) is 3.79. The molecule has 1 aromatic rings. The smallest absolute Gasteiger partial charge is 0.329 e. The van der Waals surface area contributed by atoms with Gasteiger partial charge in [-0.05, 0) is 24.1 Å². The van der Waals surface area contributed by atoms with E-state index in [1.165, 1.54) is 18.2 Å². The maximum Gasteiger partial charge on any atom is 0.401 e. The highest BCUT2D eigenvalue weighted by atomic mass is 19.4. The molecule has 0 aliphatic carbocycles. The first-order valence-corrected chi connectivity index (χ1v) is 5.09. The van der Waals surface area contributed by atoms with E-state index in [1.54, 1.807) is 6.92 Å². The summed E-state index contributed by atoms with van der Waals surface area (Å²) in [5, 5.41) is 2.30. The van der Waals surface area contributed by atoms with Crippen LogP contribution in [-0.4, -0.2) is 19.3 Å². The lowest BCUT2D eigenvalue weighted by molar-refractivity contribution is -0.126. The van der Waals surface area contributed by atoms with Crippen LogP contribution in [0.15, 0.2) is 18.2 Å². The first-order chi connectivity index (χ1) is 7.83. The molecular weight excluding hydrogens is 236 g/mol. The second-order valence-corrected chi connectivity index (χ2v) is 3.79. The fourth-order valence-corrected chi connectivity index (χ4v) is 1.46. The van der Waals surface area contributed by atoms with E-state index in [1.807, 2.05) is 0 Å². The number of nitrogens with two attached hydrogens (primary N) is 1. The Morgan fingerprint density at radius 3 is 2.47 bits per heavy atom. The summed E-state index contributed by atoms with van der Waals surface area (Å²) in [6.07, 6.45) is -4.29. The van der Waals surface area contributed by atoms with Gasteiger partial charge in [0.05, 0.1) is 6.54 Å². The summed E-state index contributed by atoms with van der Waals surface area (Å²) < 4.78 is 49.2. The molecule has 0 heterocycles. The van der Waals surface area contributed by atoms with Crippen molar-refractivity contribution in [3.8, 4) is 0 Å². The van der Waals surface area contributed by atoms with Crippen molar-refractivity contribution in [1.82, 2.24) is 5.32 Å². The van der Waals surface area contributed by atoms with Crippen LogP contribution in [0, 0.1) is 12.7 Å². The highest BCUT2D eigenvalue weighted by Crippen LogP contribution is 2.18. The molecule has 0 fully saturated rings. The minimum absolute atomic E-state index is 0.0150. The van der Waals surface area contributed by atoms with Gasteiger partial charge in [-0.25, -0.2) is 4.39 Å². The van der Waals surface area contributed by atoms with Crippen LogP contribution in [0.5, 0.6) is 0 Å². The number of alkyl halides is 3. The molecular formula is C11H14F4N2. The van der Waals surface area contributed by atoms with E-state index in [4.69, 9.17) is 5.73 Å². The molecule has 0 spiro atoms. The molecule has 0 saturated carbocycles. The zero-order valence-corrected chi connectivity index (χ0v) is 9.31. The van der Waals surface area contributed by atoms with Crippen molar-refractivity contribution in [2.75, 3.05) is 13.1 Å². The predicted octanol–water partition coefficient (Wildman–Crippen LogP) is 2.29. The van der Waals surface area contributed by atoms with Crippen LogP contribution in [0.1, 0.15) is 17.2 Å². The first kappa shape index (κ1) is 13.9. The van der Waals surface area contributed by atoms with Crippen LogP contribution in [-0.2, 0) is 0 Å². The lowest BCUT2D eigenvalue weighted by Gasteiger charge is -2.19. The van der Waals surface area contributed by atoms with Crippen molar-refractivity contribution in [3.63, 3.8) is 0 Å². The zero-order chi connectivity index (χ0) is 13.1. The van der Waals surface area contributed by atoms with E-state index in [0.717, 1.165) is 0 Å². The Kier molecular flexibility index (Phi) is 4.47. The van der Waals surface area contributed by atoms with Gasteiger partial charge in [0, 0.05) is 12.6 Å². The molecule has 0 aliphatic rings. The summed E-state index contributed by atoms with van der Waals surface area (Å²) in [6.45, 7) is 0.447. The second kappa shape index (κ2) is 5.46. The molecule has 0 aromatic heterocycles. The van der Waals surface area contributed by atoms with E-state index >= 15 is 0 Å². The monoisotopic (exact) mass is 250 g/mol. The summed E-state index contributed by atoms with van der Waals surface area (Å²) in [7, 11) is 0. The van der Waals surface area contributed by atoms with Crippen molar-refractivity contribution in [3.05, 3.63) is 35.1 Å². The third kappa shape index (κ3) is 4.32. The molecule has 3 N–H and O–H groups in total. The Bertz CT molecular complexity index is 376. The fourth-order valence-electron chi connectivity index (χ4n) is 1.46. The van der Waals surface area contributed by atoms with Gasteiger partial charge in [0.15, 0.2) is 0 Å². The maximum absolute atomic E-state index is 13.0. The summed E-state index contributed by atoms with van der Waals surface area (Å²) in [4.78, 5) is 0. The van der Waals surface area contributed by atoms with Gasteiger partial charge in [-0.1, -0.05) is 12.1 Å². The Morgan fingerprint density at radius 2 is 2.00 bits per heavy atom. The third-order valence-electron chi connectivity index (χ3n) is 2.37. The number of halogens is 4. The van der Waals surface area contributed by atoms with Gasteiger partial charge in [0.2, 0.25) is 0 Å². The molecule has 1 atom stereocenters. The van der Waals surface area contributed by atoms with Crippen molar-refractivity contribution in [2.45, 2.75) is 19.1 Å². The topological polar surface area (TPSA) is 38.0 Å². The molecule has 0 bridgehead atoms. The zero-order valence-electron chi connectivity index (χ0n) is 9.31. The molecule has 6 heteroatoms. The standard InChI is InChI=1S/C11H14F4N2/c1-7-4-8(2-3-9(7)12)10(5-16)17-6-11(13,14)15/h2-4,10,17H,5-6,16H2,1H3. The lowest BCUT2D eigenvalue weighted by Crippen LogP contribution is -2.35. The van der Waals surface area contributed by atoms with E-state index in [2.05, 4.69) is 5.32 Å². The summed E-state index contributed by atoms with van der Waals surface area (Å²) >= 11 is 0. The van der Waals surface area contributed by atoms with Crippen molar-refractivity contribution in [2.24, 2.45) is 5.73 Å². The van der Waals surface area contributed by atoms with Gasteiger partial charge >= 0.3 is 6.18 Å². The maximum atomic E-state index is 13.0. The number of rotatable bonds is 4. The number of aryl methyl sites for hydroxylation is 1. The largest absolute Gasteiger partial charge is 0.401 e. The fraction of sp³-hybridized carbons (Fsp3) is 0.455. The van der Waals surface area contributed by atoms with Gasteiger partial charge in [0.1, 0.15) is 5.82 Å². The third-order valence-corrected chi connectivity index (χ3v) is 2.37. The molecule has 2 nitrogen and oxygen atoms in total. The van der Waals surface area contributed by atoms with Crippen molar-refractivity contribution >= 4 is 0 Å². The Labute approximate surface area is 96.8 Å². The minimum Gasteiger partial charge on any atom is -0.329 e. The summed E-state index contributed by atoms with van der Waals surface area (Å²) in [5.41, 5.74) is 6.33. The Hall–Kier alpha value is -1.14. The lowest BCUT2D eigenvalue weighted by atomic mass is 10.0. The average molecular weight is 250 g/mol. The molecule has 0 radical (unpaired) electrons. The molecule has 1 unspecified atom stereocenters. The van der Waals surface area contributed by atoms with Crippen LogP contribution in [0.25, 0.3) is 0 Å². The Balaban J connectivity index is 2.76. The SMILES string of the molecule is Cc1cc(C(CN)NCC(F)(F)F)ccc1F. The van der Waals surface area contributed by atoms with Crippen molar-refractivity contribution in [1.29, 1.82) is 0 Å². The molecule has 17 heavy (non-hydrogen) atoms. The number of nitrogens with one attached hydrogen (secondary N) is 1. The van der Waals surface area contributed by atoms with Crippen LogP contribution in [0.3, 0.4) is 0 Å². The van der Waals surface area contributed by atoms with Gasteiger partial charge < -0.3 is 11.1 Å². The number of hydrogen-bond donors (Lipinski definition) is 2. The van der Waals surface area contributed by atoms with Gasteiger partial charge in [-0.15, -0.1) is 0 Å². The minimum atomic E-state index is -4.29. The van der Waals surface area contributed by atoms with Crippen molar-refractivity contribution < 1.29 is 17.6 Å². The normalized spacial score (nSPS) is 13.8. The molecule has 0 amide bonds. The molecule has 0 saturated heterocycles. The molecule has 1 aromatic carbocycles. The molecule has 1 rings (SSSR count). The molecule has 0 aliphatic heterocycles. The van der Waals surface area contributed by atoms with E-state index in [9.17, 15) is 17.6 Å². The van der Waals surface area contributed by atoms with Gasteiger partial charge in [-0.3, -0.25) is 0 Å². The van der Waals surface area contributed by atoms with Crippen LogP contribution in [0.4, 0.5) is 17.6 Å². The summed E-state index contributed by atoms with van der Waals surface area (Å²) in [5.74, 6) is -0.389. The van der Waals surface area contributed by atoms with Crippen LogP contribution in [0.2, 0.25) is 0 Å². The summed E-state index contributed by atoms with van der Waals surface area (Å²) in [6, 6.07) is 3.53. The first-order valence-electron chi connectivity index (χ1n) is 5.09. The quantitative estimate of drug-likeness (QED) is 0.804. The van der Waals surface area contributed by atoms with Crippen LogP contribution >= 0.6 is 0 Å². The van der Waals surface area contributed by atoms with E-state index < -0.39 is 18.8 Å². The van der Waals surface area contributed by atoms with E-state index in [-0.39, 0.29) is 12.4 Å². The van der Waals surface area contributed by atoms with Gasteiger partial charge in [-0.2, -0.15) is 13.2 Å². The van der Waals surface area contributed by atoms with Crippen LogP contribution < -0.4 is 11.1 Å². The average Bonchev–Trinajstić information content (AvgIpc) is 2.22. The predicted molar refractivity (Wildman–Crippen MR) is 57.0 cm³/mol. The molecule has 96 valence electrons. The highest BCUT2D eigenvalue weighted by Gasteiger charge is 2.28. The van der Waals surface area contributed by atoms with Gasteiger partial charge in [0.25, 0.3) is 0 Å². The van der Waals surface area contributed by atoms with E-state index in [0.29, 0.717) is 11.1 Å². The Morgan fingerprint density at radius 1 is 1.35 bits per heavy atom. The highest BCUT2D eigenvalue weighted by molar-refractivity contribution is 5.26. The number of benzene rings is 1. The number of hydrogen-bond acceptors (Lipinski definition) is 2.